The fraction of sp³-hybridized carbons (Fsp3) is 0.667. The van der Waals surface area contributed by atoms with Crippen LogP contribution in [0.25, 0.3) is 0 Å². The lowest BCUT2D eigenvalue weighted by molar-refractivity contribution is -0.0615. The summed E-state index contributed by atoms with van der Waals surface area (Å²) < 4.78 is 5.62. The minimum atomic E-state index is -0.151. The minimum absolute atomic E-state index is 0.0565. The molecule has 0 radical (unpaired) electrons. The van der Waals surface area contributed by atoms with Crippen molar-refractivity contribution in [1.29, 1.82) is 0 Å². The Labute approximate surface area is 101 Å². The first-order valence-electron chi connectivity index (χ1n) is 5.93. The van der Waals surface area contributed by atoms with Crippen molar-refractivity contribution in [3.63, 3.8) is 0 Å². The van der Waals surface area contributed by atoms with E-state index in [0.717, 1.165) is 18.5 Å². The zero-order chi connectivity index (χ0) is 12.5. The second-order valence-corrected chi connectivity index (χ2v) is 5.18. The molecule has 1 amide bonds. The van der Waals surface area contributed by atoms with Gasteiger partial charge in [0.25, 0.3) is 5.91 Å². The van der Waals surface area contributed by atoms with Crippen LogP contribution in [0.5, 0.6) is 0 Å². The monoisotopic (exact) mass is 237 g/mol. The Balaban J connectivity index is 1.98. The molecule has 2 rings (SSSR count). The van der Waals surface area contributed by atoms with Gasteiger partial charge in [-0.3, -0.25) is 9.89 Å². The number of ether oxygens (including phenoxy) is 1. The molecule has 0 saturated carbocycles. The molecule has 1 saturated heterocycles. The van der Waals surface area contributed by atoms with Crippen LogP contribution in [-0.2, 0) is 4.74 Å². The number of nitrogens with one attached hydrogen (secondary N) is 2. The van der Waals surface area contributed by atoms with Crippen molar-refractivity contribution in [2.75, 3.05) is 6.61 Å². The maximum Gasteiger partial charge on any atom is 0.254 e. The lowest BCUT2D eigenvalue weighted by Gasteiger charge is -2.35. The molecule has 1 aliphatic rings. The molecule has 2 N–H and O–H groups in total. The predicted octanol–water partition coefficient (Wildman–Crippen LogP) is 1.41. The SMILES string of the molecule is Cc1[nH]ncc1C(=O)NC1CCOC(C)(C)C1. The van der Waals surface area contributed by atoms with Crippen LogP contribution in [0.4, 0.5) is 0 Å². The summed E-state index contributed by atoms with van der Waals surface area (Å²) in [5, 5.41) is 9.66. The Morgan fingerprint density at radius 2 is 2.41 bits per heavy atom. The Bertz CT molecular complexity index is 412. The summed E-state index contributed by atoms with van der Waals surface area (Å²) in [7, 11) is 0. The first-order valence-corrected chi connectivity index (χ1v) is 5.93. The predicted molar refractivity (Wildman–Crippen MR) is 63.8 cm³/mol. The van der Waals surface area contributed by atoms with Gasteiger partial charge in [-0.2, -0.15) is 5.10 Å². The number of amides is 1. The third-order valence-electron chi connectivity index (χ3n) is 3.11. The van der Waals surface area contributed by atoms with Crippen LogP contribution in [0.3, 0.4) is 0 Å². The second kappa shape index (κ2) is 4.49. The van der Waals surface area contributed by atoms with Gasteiger partial charge >= 0.3 is 0 Å². The van der Waals surface area contributed by atoms with Crippen LogP contribution in [0.15, 0.2) is 6.20 Å². The molecule has 1 unspecified atom stereocenters. The molecule has 1 aliphatic heterocycles. The molecule has 1 aromatic heterocycles. The molecule has 5 nitrogen and oxygen atoms in total. The van der Waals surface area contributed by atoms with Crippen molar-refractivity contribution in [2.45, 2.75) is 45.3 Å². The summed E-state index contributed by atoms with van der Waals surface area (Å²) in [5.41, 5.74) is 1.27. The Kier molecular flexibility index (Phi) is 3.19. The molecule has 0 aromatic carbocycles. The lowest BCUT2D eigenvalue weighted by atomic mass is 9.94. The van der Waals surface area contributed by atoms with Gasteiger partial charge in [-0.05, 0) is 33.6 Å². The minimum Gasteiger partial charge on any atom is -0.375 e. The molecule has 1 atom stereocenters. The van der Waals surface area contributed by atoms with Crippen LogP contribution < -0.4 is 5.32 Å². The fourth-order valence-electron chi connectivity index (χ4n) is 2.20. The van der Waals surface area contributed by atoms with Crippen molar-refractivity contribution < 1.29 is 9.53 Å². The topological polar surface area (TPSA) is 67.0 Å². The van der Waals surface area contributed by atoms with E-state index in [1.807, 2.05) is 6.92 Å². The van der Waals surface area contributed by atoms with Gasteiger partial charge in [-0.25, -0.2) is 0 Å². The van der Waals surface area contributed by atoms with E-state index in [0.29, 0.717) is 12.2 Å². The molecule has 17 heavy (non-hydrogen) atoms. The second-order valence-electron chi connectivity index (χ2n) is 5.18. The summed E-state index contributed by atoms with van der Waals surface area (Å²) in [6, 6.07) is 0.181. The van der Waals surface area contributed by atoms with Crippen LogP contribution in [0, 0.1) is 6.92 Å². The van der Waals surface area contributed by atoms with Crippen molar-refractivity contribution in [3.05, 3.63) is 17.5 Å². The van der Waals surface area contributed by atoms with E-state index in [-0.39, 0.29) is 17.6 Å². The molecule has 94 valence electrons. The van der Waals surface area contributed by atoms with Crippen LogP contribution in [0.2, 0.25) is 0 Å². The van der Waals surface area contributed by atoms with Gasteiger partial charge in [0.05, 0.1) is 17.4 Å². The summed E-state index contributed by atoms with van der Waals surface area (Å²) >= 11 is 0. The molecular formula is C12H19N3O2. The van der Waals surface area contributed by atoms with E-state index in [4.69, 9.17) is 4.74 Å². The fourth-order valence-corrected chi connectivity index (χ4v) is 2.20. The highest BCUT2D eigenvalue weighted by Crippen LogP contribution is 2.24. The highest BCUT2D eigenvalue weighted by atomic mass is 16.5. The average molecular weight is 237 g/mol. The zero-order valence-electron chi connectivity index (χ0n) is 10.5. The van der Waals surface area contributed by atoms with Crippen LogP contribution >= 0.6 is 0 Å². The van der Waals surface area contributed by atoms with Gasteiger partial charge in [-0.1, -0.05) is 0 Å². The van der Waals surface area contributed by atoms with E-state index in [9.17, 15) is 4.79 Å². The molecule has 1 aromatic rings. The van der Waals surface area contributed by atoms with Crippen LogP contribution in [0.1, 0.15) is 42.7 Å². The third kappa shape index (κ3) is 2.85. The van der Waals surface area contributed by atoms with Gasteiger partial charge in [0.2, 0.25) is 0 Å². The van der Waals surface area contributed by atoms with E-state index >= 15 is 0 Å². The van der Waals surface area contributed by atoms with Crippen LogP contribution in [-0.4, -0.2) is 34.4 Å². The number of aromatic amines is 1. The molecule has 0 aliphatic carbocycles. The standard InChI is InChI=1S/C12H19N3O2/c1-8-10(7-13-15-8)11(16)14-9-4-5-17-12(2,3)6-9/h7,9H,4-6H2,1-3H3,(H,13,15)(H,14,16). The maximum absolute atomic E-state index is 12.0. The van der Waals surface area contributed by atoms with Gasteiger partial charge in [0.15, 0.2) is 0 Å². The largest absolute Gasteiger partial charge is 0.375 e. The van der Waals surface area contributed by atoms with Gasteiger partial charge in [-0.15, -0.1) is 0 Å². The Morgan fingerprint density at radius 3 is 3.00 bits per heavy atom. The van der Waals surface area contributed by atoms with E-state index < -0.39 is 0 Å². The van der Waals surface area contributed by atoms with E-state index in [1.54, 1.807) is 6.20 Å². The first-order chi connectivity index (χ1) is 7.98. The molecule has 5 heteroatoms. The number of carbonyl (C=O) groups is 1. The summed E-state index contributed by atoms with van der Waals surface area (Å²) in [5.74, 6) is -0.0565. The number of hydrogen-bond acceptors (Lipinski definition) is 3. The number of hydrogen-bond donors (Lipinski definition) is 2. The molecule has 0 spiro atoms. The maximum atomic E-state index is 12.0. The Morgan fingerprint density at radius 1 is 1.65 bits per heavy atom. The quantitative estimate of drug-likeness (QED) is 0.817. The number of carbonyl (C=O) groups excluding carboxylic acids is 1. The smallest absolute Gasteiger partial charge is 0.254 e. The van der Waals surface area contributed by atoms with E-state index in [1.165, 1.54) is 0 Å². The first kappa shape index (κ1) is 12.1. The number of aryl methyl sites for hydroxylation is 1. The number of aromatic nitrogens is 2. The molecule has 2 heterocycles. The van der Waals surface area contributed by atoms with Crippen molar-refractivity contribution in [1.82, 2.24) is 15.5 Å². The molecule has 0 bridgehead atoms. The highest BCUT2D eigenvalue weighted by molar-refractivity contribution is 5.95. The van der Waals surface area contributed by atoms with Gasteiger partial charge < -0.3 is 10.1 Å². The van der Waals surface area contributed by atoms with Crippen molar-refractivity contribution >= 4 is 5.91 Å². The van der Waals surface area contributed by atoms with Gasteiger partial charge in [0, 0.05) is 18.3 Å². The third-order valence-corrected chi connectivity index (χ3v) is 3.11. The number of H-pyrrole nitrogens is 1. The van der Waals surface area contributed by atoms with Crippen molar-refractivity contribution in [2.24, 2.45) is 0 Å². The molecular weight excluding hydrogens is 218 g/mol. The number of nitrogens with zero attached hydrogens (tertiary/aromatic N) is 1. The highest BCUT2D eigenvalue weighted by Gasteiger charge is 2.30. The summed E-state index contributed by atoms with van der Waals surface area (Å²) in [6.45, 7) is 6.64. The normalized spacial score (nSPS) is 23.4. The lowest BCUT2D eigenvalue weighted by Crippen LogP contribution is -2.45. The zero-order valence-corrected chi connectivity index (χ0v) is 10.5. The average Bonchev–Trinajstić information content (AvgIpc) is 2.62. The molecule has 1 fully saturated rings. The Hall–Kier alpha value is -1.36. The van der Waals surface area contributed by atoms with E-state index in [2.05, 4.69) is 29.4 Å². The summed E-state index contributed by atoms with van der Waals surface area (Å²) in [6.07, 6.45) is 3.27. The van der Waals surface area contributed by atoms with Gasteiger partial charge in [0.1, 0.15) is 0 Å². The van der Waals surface area contributed by atoms with Crippen molar-refractivity contribution in [3.8, 4) is 0 Å². The summed E-state index contributed by atoms with van der Waals surface area (Å²) in [4.78, 5) is 12.0. The number of rotatable bonds is 2.